The van der Waals surface area contributed by atoms with Gasteiger partial charge in [-0.1, -0.05) is 26.0 Å². The molecule has 0 aliphatic carbocycles. The zero-order valence-electron chi connectivity index (χ0n) is 11.9. The lowest BCUT2D eigenvalue weighted by atomic mass is 10.2. The van der Waals surface area contributed by atoms with Crippen LogP contribution >= 0.6 is 0 Å². The van der Waals surface area contributed by atoms with Crippen molar-refractivity contribution in [2.75, 3.05) is 6.61 Å². The summed E-state index contributed by atoms with van der Waals surface area (Å²) in [7, 11) is 0. The summed E-state index contributed by atoms with van der Waals surface area (Å²) < 4.78 is 5.06. The van der Waals surface area contributed by atoms with E-state index in [0.717, 1.165) is 0 Å². The number of hydrogen-bond donors (Lipinski definition) is 2. The van der Waals surface area contributed by atoms with Gasteiger partial charge < -0.3 is 15.2 Å². The summed E-state index contributed by atoms with van der Waals surface area (Å²) in [4.78, 5) is 11.3. The van der Waals surface area contributed by atoms with E-state index in [-0.39, 0.29) is 12.6 Å². The van der Waals surface area contributed by atoms with Crippen LogP contribution in [0.2, 0.25) is 0 Å². The van der Waals surface area contributed by atoms with Gasteiger partial charge in [0.05, 0.1) is 12.6 Å². The van der Waals surface area contributed by atoms with E-state index in [2.05, 4.69) is 5.32 Å². The van der Waals surface area contributed by atoms with Crippen LogP contribution in [0, 0.1) is 0 Å². The minimum absolute atomic E-state index is 0.0937. The van der Waals surface area contributed by atoms with Crippen molar-refractivity contribution in [3.63, 3.8) is 0 Å². The lowest BCUT2D eigenvalue weighted by molar-refractivity contribution is 0.0483. The van der Waals surface area contributed by atoms with Gasteiger partial charge in [0.2, 0.25) is 0 Å². The molecule has 0 bridgehead atoms. The Kier molecular flexibility index (Phi) is 10.9. The molecule has 0 aromatic heterocycles. The predicted molar refractivity (Wildman–Crippen MR) is 71.0 cm³/mol. The van der Waals surface area contributed by atoms with Crippen LogP contribution in [0.1, 0.15) is 48.0 Å². The van der Waals surface area contributed by atoms with Crippen LogP contribution in [0.3, 0.4) is 0 Å². The van der Waals surface area contributed by atoms with Gasteiger partial charge in [-0.3, -0.25) is 0 Å². The first-order chi connectivity index (χ1) is 7.89. The van der Waals surface area contributed by atoms with Crippen molar-refractivity contribution in [3.8, 4) is 0 Å². The third-order valence-electron chi connectivity index (χ3n) is 1.60. The second-order valence-corrected chi connectivity index (χ2v) is 4.33. The quantitative estimate of drug-likeness (QED) is 0.749. The number of carbonyl (C=O) groups excluding carboxylic acids is 1. The molecule has 0 heterocycles. The molecule has 4 heteroatoms. The first-order valence-electron chi connectivity index (χ1n) is 6.10. The maximum Gasteiger partial charge on any atom is 0.407 e. The monoisotopic (exact) mass is 245 g/mol. The molecule has 17 heavy (non-hydrogen) atoms. The fraction of sp³-hybridized carbons (Fsp3) is 0.769. The van der Waals surface area contributed by atoms with Gasteiger partial charge in [-0.15, -0.1) is 0 Å². The van der Waals surface area contributed by atoms with E-state index in [1.165, 1.54) is 0 Å². The standard InChI is InChI=1S/C11H21NO3.C2H6/c1-5-6-7-9(8-13)12-10(14)15-11(2,3)4;1-2/h5-6,9,13H,7-8H2,1-4H3,(H,12,14);1-2H3/b6-5+;. The number of nitrogens with one attached hydrogen (secondary N) is 1. The van der Waals surface area contributed by atoms with Crippen LogP contribution in [0.4, 0.5) is 4.79 Å². The van der Waals surface area contributed by atoms with Crippen LogP contribution in [-0.2, 0) is 4.74 Å². The predicted octanol–water partition coefficient (Wildman–Crippen LogP) is 2.86. The lowest BCUT2D eigenvalue weighted by Gasteiger charge is -2.22. The number of carbonyl (C=O) groups is 1. The Morgan fingerprint density at radius 3 is 2.29 bits per heavy atom. The van der Waals surface area contributed by atoms with E-state index < -0.39 is 11.7 Å². The highest BCUT2D eigenvalue weighted by Crippen LogP contribution is 2.07. The molecule has 2 N–H and O–H groups in total. The Labute approximate surface area is 105 Å². The molecule has 1 atom stereocenters. The highest BCUT2D eigenvalue weighted by molar-refractivity contribution is 5.68. The molecule has 0 aromatic carbocycles. The molecule has 0 rings (SSSR count). The van der Waals surface area contributed by atoms with Crippen LogP contribution in [0.5, 0.6) is 0 Å². The van der Waals surface area contributed by atoms with E-state index in [0.29, 0.717) is 6.42 Å². The fourth-order valence-electron chi connectivity index (χ4n) is 0.954. The number of aliphatic hydroxyl groups excluding tert-OH is 1. The van der Waals surface area contributed by atoms with E-state index >= 15 is 0 Å². The van der Waals surface area contributed by atoms with Gasteiger partial charge in [-0.2, -0.15) is 0 Å². The number of alkyl carbamates (subject to hydrolysis) is 1. The number of amides is 1. The Morgan fingerprint density at radius 2 is 1.94 bits per heavy atom. The molecule has 0 aromatic rings. The molecule has 1 amide bonds. The molecule has 0 saturated heterocycles. The Morgan fingerprint density at radius 1 is 1.41 bits per heavy atom. The second-order valence-electron chi connectivity index (χ2n) is 4.33. The van der Waals surface area contributed by atoms with Gasteiger partial charge in [0.1, 0.15) is 5.60 Å². The van der Waals surface area contributed by atoms with E-state index in [1.54, 1.807) is 20.8 Å². The van der Waals surface area contributed by atoms with E-state index in [9.17, 15) is 4.79 Å². The normalized spacial score (nSPS) is 12.6. The van der Waals surface area contributed by atoms with Crippen molar-refractivity contribution in [3.05, 3.63) is 12.2 Å². The molecule has 0 fully saturated rings. The van der Waals surface area contributed by atoms with Gasteiger partial charge in [-0.05, 0) is 34.1 Å². The molecule has 0 aliphatic heterocycles. The Hall–Kier alpha value is -1.03. The first kappa shape index (κ1) is 18.3. The van der Waals surface area contributed by atoms with Crippen molar-refractivity contribution in [1.82, 2.24) is 5.32 Å². The van der Waals surface area contributed by atoms with Gasteiger partial charge in [0.25, 0.3) is 0 Å². The average Bonchev–Trinajstić information content (AvgIpc) is 2.24. The van der Waals surface area contributed by atoms with Crippen molar-refractivity contribution in [2.24, 2.45) is 0 Å². The van der Waals surface area contributed by atoms with Gasteiger partial charge in [-0.25, -0.2) is 4.79 Å². The van der Waals surface area contributed by atoms with Crippen molar-refractivity contribution < 1.29 is 14.6 Å². The third-order valence-corrected chi connectivity index (χ3v) is 1.60. The molecule has 0 radical (unpaired) electrons. The molecular formula is C13H27NO3. The first-order valence-corrected chi connectivity index (χ1v) is 6.10. The highest BCUT2D eigenvalue weighted by atomic mass is 16.6. The summed E-state index contributed by atoms with van der Waals surface area (Å²) in [6.45, 7) is 11.2. The summed E-state index contributed by atoms with van der Waals surface area (Å²) >= 11 is 0. The van der Waals surface area contributed by atoms with Gasteiger partial charge >= 0.3 is 6.09 Å². The van der Waals surface area contributed by atoms with Crippen molar-refractivity contribution in [2.45, 2.75) is 59.6 Å². The van der Waals surface area contributed by atoms with E-state index in [1.807, 2.05) is 32.9 Å². The van der Waals surface area contributed by atoms with Crippen LogP contribution < -0.4 is 5.32 Å². The Bertz CT molecular complexity index is 219. The number of rotatable bonds is 4. The van der Waals surface area contributed by atoms with Crippen LogP contribution in [0.15, 0.2) is 12.2 Å². The smallest absolute Gasteiger partial charge is 0.407 e. The summed E-state index contributed by atoms with van der Waals surface area (Å²) in [6, 6.07) is -0.281. The van der Waals surface area contributed by atoms with Crippen LogP contribution in [-0.4, -0.2) is 29.4 Å². The van der Waals surface area contributed by atoms with Gasteiger partial charge in [0, 0.05) is 0 Å². The van der Waals surface area contributed by atoms with Crippen molar-refractivity contribution >= 4 is 6.09 Å². The number of ether oxygens (including phenoxy) is 1. The molecule has 1 unspecified atom stereocenters. The SMILES string of the molecule is C/C=C/CC(CO)NC(=O)OC(C)(C)C.CC. The summed E-state index contributed by atoms with van der Waals surface area (Å²) in [5, 5.41) is 11.6. The summed E-state index contributed by atoms with van der Waals surface area (Å²) in [5.74, 6) is 0. The summed E-state index contributed by atoms with van der Waals surface area (Å²) in [5.41, 5.74) is -0.509. The number of aliphatic hydroxyl groups is 1. The third kappa shape index (κ3) is 12.9. The maximum atomic E-state index is 11.3. The van der Waals surface area contributed by atoms with Crippen molar-refractivity contribution in [1.29, 1.82) is 0 Å². The molecule has 0 saturated carbocycles. The minimum Gasteiger partial charge on any atom is -0.444 e. The molecule has 0 spiro atoms. The average molecular weight is 245 g/mol. The second kappa shape index (κ2) is 10.1. The number of allylic oxidation sites excluding steroid dienone is 1. The summed E-state index contributed by atoms with van der Waals surface area (Å²) in [6.07, 6.45) is 3.87. The topological polar surface area (TPSA) is 58.6 Å². The Balaban J connectivity index is 0. The van der Waals surface area contributed by atoms with Gasteiger partial charge in [0.15, 0.2) is 0 Å². The number of hydrogen-bond acceptors (Lipinski definition) is 3. The molecule has 4 nitrogen and oxygen atoms in total. The van der Waals surface area contributed by atoms with E-state index in [4.69, 9.17) is 9.84 Å². The molecular weight excluding hydrogens is 218 g/mol. The van der Waals surface area contributed by atoms with Crippen LogP contribution in [0.25, 0.3) is 0 Å². The zero-order valence-corrected chi connectivity index (χ0v) is 11.9. The minimum atomic E-state index is -0.509. The maximum absolute atomic E-state index is 11.3. The largest absolute Gasteiger partial charge is 0.444 e. The molecule has 0 aliphatic rings. The fourth-order valence-corrected chi connectivity index (χ4v) is 0.954. The highest BCUT2D eigenvalue weighted by Gasteiger charge is 2.18. The zero-order chi connectivity index (χ0) is 13.9. The molecule has 102 valence electrons. The lowest BCUT2D eigenvalue weighted by Crippen LogP contribution is -2.40.